The molecule has 0 unspecified atom stereocenters. The molecule has 0 aliphatic carbocycles. The molecule has 1 aromatic carbocycles. The van der Waals surface area contributed by atoms with Gasteiger partial charge in [0.05, 0.1) is 11.4 Å². The first-order chi connectivity index (χ1) is 12.8. The molecule has 0 fully saturated rings. The van der Waals surface area contributed by atoms with E-state index in [0.29, 0.717) is 21.6 Å². The van der Waals surface area contributed by atoms with E-state index in [9.17, 15) is 26.7 Å². The number of hydrogen-bond donors (Lipinski definition) is 1. The minimum Gasteiger partial charge on any atom is -0.328 e. The van der Waals surface area contributed by atoms with Crippen LogP contribution in [-0.2, 0) is 11.0 Å². The van der Waals surface area contributed by atoms with E-state index in [2.05, 4.69) is 15.3 Å². The number of benzene rings is 1. The van der Waals surface area contributed by atoms with Gasteiger partial charge in [-0.05, 0) is 36.6 Å². The molecule has 3 rings (SSSR count). The van der Waals surface area contributed by atoms with Gasteiger partial charge < -0.3 is 5.32 Å². The third-order valence-corrected chi connectivity index (χ3v) is 4.44. The van der Waals surface area contributed by atoms with Gasteiger partial charge in [0.25, 0.3) is 6.43 Å². The van der Waals surface area contributed by atoms with Crippen molar-refractivity contribution in [3.63, 3.8) is 0 Å². The lowest BCUT2D eigenvalue weighted by atomic mass is 10.2. The summed E-state index contributed by atoms with van der Waals surface area (Å²) in [5, 5.41) is 2.44. The number of halogens is 5. The Morgan fingerprint density at radius 3 is 2.52 bits per heavy atom. The quantitative estimate of drug-likeness (QED) is 0.383. The second-order valence-corrected chi connectivity index (χ2v) is 6.14. The molecule has 0 spiro atoms. The summed E-state index contributed by atoms with van der Waals surface area (Å²) in [5.74, 6) is -1.28. The predicted octanol–water partition coefficient (Wildman–Crippen LogP) is 4.67. The van der Waals surface area contributed by atoms with E-state index in [-0.39, 0.29) is 16.9 Å². The van der Waals surface area contributed by atoms with E-state index >= 15 is 0 Å². The lowest BCUT2D eigenvalue weighted by Gasteiger charge is -2.14. The standard InChI is InChI=1S/C16H11F5N4OS/c1-27-12-6-8(2-3-9(12)22-7-26)25-14-11(24-15(25)16(19,20)21)5-4-10(23-14)13(17)18/h2-7,13H,1H3,(H,22,26). The molecule has 1 N–H and O–H groups in total. The number of imidazole rings is 1. The zero-order valence-corrected chi connectivity index (χ0v) is 14.4. The van der Waals surface area contributed by atoms with Crippen LogP contribution in [0, 0.1) is 0 Å². The number of fused-ring (bicyclic) bond motifs is 1. The molecular weight excluding hydrogens is 391 g/mol. The number of rotatable bonds is 5. The first kappa shape index (κ1) is 19.1. The highest BCUT2D eigenvalue weighted by Gasteiger charge is 2.38. The molecule has 2 aromatic heterocycles. The van der Waals surface area contributed by atoms with Crippen LogP contribution >= 0.6 is 11.8 Å². The Hall–Kier alpha value is -2.69. The van der Waals surface area contributed by atoms with Crippen molar-refractivity contribution >= 4 is 35.0 Å². The van der Waals surface area contributed by atoms with Gasteiger partial charge in [0.2, 0.25) is 12.2 Å². The van der Waals surface area contributed by atoms with Gasteiger partial charge >= 0.3 is 6.18 Å². The maximum Gasteiger partial charge on any atom is 0.450 e. The molecule has 0 bridgehead atoms. The molecule has 0 saturated heterocycles. The lowest BCUT2D eigenvalue weighted by Crippen LogP contribution is -2.14. The SMILES string of the molecule is CSc1cc(-n2c(C(F)(F)F)nc3ccc(C(F)F)nc32)ccc1NC=O. The topological polar surface area (TPSA) is 59.8 Å². The molecule has 2 heterocycles. The van der Waals surface area contributed by atoms with Crippen LogP contribution in [0.25, 0.3) is 16.9 Å². The van der Waals surface area contributed by atoms with Crippen LogP contribution in [0.4, 0.5) is 27.6 Å². The molecule has 142 valence electrons. The van der Waals surface area contributed by atoms with E-state index in [1.54, 1.807) is 6.26 Å². The van der Waals surface area contributed by atoms with Gasteiger partial charge in [-0.15, -0.1) is 11.8 Å². The Bertz CT molecular complexity index is 1000. The highest BCUT2D eigenvalue weighted by molar-refractivity contribution is 7.98. The molecule has 0 aliphatic heterocycles. The number of aromatic nitrogens is 3. The summed E-state index contributed by atoms with van der Waals surface area (Å²) in [6.45, 7) is 0. The van der Waals surface area contributed by atoms with Crippen molar-refractivity contribution < 1.29 is 26.7 Å². The van der Waals surface area contributed by atoms with Gasteiger partial charge in [-0.2, -0.15) is 13.2 Å². The summed E-state index contributed by atoms with van der Waals surface area (Å²) in [7, 11) is 0. The van der Waals surface area contributed by atoms with E-state index in [4.69, 9.17) is 0 Å². The van der Waals surface area contributed by atoms with Crippen LogP contribution in [0.15, 0.2) is 35.2 Å². The van der Waals surface area contributed by atoms with Crippen LogP contribution in [-0.4, -0.2) is 27.2 Å². The normalized spacial score (nSPS) is 12.0. The second-order valence-electron chi connectivity index (χ2n) is 5.29. The zero-order chi connectivity index (χ0) is 19.8. The molecule has 0 atom stereocenters. The largest absolute Gasteiger partial charge is 0.450 e. The monoisotopic (exact) mass is 402 g/mol. The first-order valence-electron chi connectivity index (χ1n) is 7.39. The average molecular weight is 402 g/mol. The fraction of sp³-hybridized carbons (Fsp3) is 0.188. The Morgan fingerprint density at radius 1 is 1.19 bits per heavy atom. The molecule has 3 aromatic rings. The highest BCUT2D eigenvalue weighted by Crippen LogP contribution is 2.36. The number of carbonyl (C=O) groups is 1. The minimum atomic E-state index is -4.83. The summed E-state index contributed by atoms with van der Waals surface area (Å²) < 4.78 is 67.1. The average Bonchev–Trinajstić information content (AvgIpc) is 3.01. The summed E-state index contributed by atoms with van der Waals surface area (Å²) in [6, 6.07) is 6.14. The van der Waals surface area contributed by atoms with Gasteiger partial charge in [-0.25, -0.2) is 18.7 Å². The summed E-state index contributed by atoms with van der Waals surface area (Å²) >= 11 is 1.20. The van der Waals surface area contributed by atoms with Gasteiger partial charge in [-0.1, -0.05) is 0 Å². The second kappa shape index (κ2) is 7.14. The molecule has 1 amide bonds. The van der Waals surface area contributed by atoms with Crippen molar-refractivity contribution in [3.8, 4) is 5.69 Å². The van der Waals surface area contributed by atoms with Crippen LogP contribution in [0.2, 0.25) is 0 Å². The van der Waals surface area contributed by atoms with Crippen molar-refractivity contribution in [2.24, 2.45) is 0 Å². The molecule has 0 aliphatic rings. The van der Waals surface area contributed by atoms with Crippen LogP contribution in [0.5, 0.6) is 0 Å². The first-order valence-corrected chi connectivity index (χ1v) is 8.62. The van der Waals surface area contributed by atoms with E-state index in [1.165, 1.54) is 30.0 Å². The van der Waals surface area contributed by atoms with Crippen molar-refractivity contribution in [2.75, 3.05) is 11.6 Å². The van der Waals surface area contributed by atoms with Crippen molar-refractivity contribution in [3.05, 3.63) is 41.9 Å². The smallest absolute Gasteiger partial charge is 0.328 e. The van der Waals surface area contributed by atoms with Crippen molar-refractivity contribution in [1.29, 1.82) is 0 Å². The Balaban J connectivity index is 2.31. The Kier molecular flexibility index (Phi) is 5.05. The molecule has 11 heteroatoms. The molecule has 27 heavy (non-hydrogen) atoms. The number of nitrogens with one attached hydrogen (secondary N) is 1. The number of amides is 1. The fourth-order valence-electron chi connectivity index (χ4n) is 2.53. The number of hydrogen-bond acceptors (Lipinski definition) is 4. The molecule has 0 radical (unpaired) electrons. The van der Waals surface area contributed by atoms with E-state index in [0.717, 1.165) is 12.1 Å². The van der Waals surface area contributed by atoms with E-state index in [1.807, 2.05) is 0 Å². The van der Waals surface area contributed by atoms with Crippen LogP contribution in [0.3, 0.4) is 0 Å². The highest BCUT2D eigenvalue weighted by atomic mass is 32.2. The molecular formula is C16H11F5N4OS. The number of nitrogens with zero attached hydrogens (tertiary/aromatic N) is 3. The van der Waals surface area contributed by atoms with Crippen molar-refractivity contribution in [1.82, 2.24) is 14.5 Å². The maximum absolute atomic E-state index is 13.5. The molecule has 5 nitrogen and oxygen atoms in total. The summed E-state index contributed by atoms with van der Waals surface area (Å²) in [4.78, 5) is 18.3. The van der Waals surface area contributed by atoms with Gasteiger partial charge in [0.15, 0.2) is 5.65 Å². The number of anilines is 1. The zero-order valence-electron chi connectivity index (χ0n) is 13.6. The number of alkyl halides is 5. The Labute approximate surface area is 153 Å². The predicted molar refractivity (Wildman–Crippen MR) is 90.3 cm³/mol. The van der Waals surface area contributed by atoms with Gasteiger partial charge in [0, 0.05) is 4.90 Å². The molecule has 0 saturated carbocycles. The Morgan fingerprint density at radius 2 is 1.93 bits per heavy atom. The van der Waals surface area contributed by atoms with Crippen LogP contribution < -0.4 is 5.32 Å². The van der Waals surface area contributed by atoms with Crippen molar-refractivity contribution in [2.45, 2.75) is 17.5 Å². The number of thioether (sulfide) groups is 1. The maximum atomic E-state index is 13.5. The van der Waals surface area contributed by atoms with E-state index < -0.39 is 24.1 Å². The summed E-state index contributed by atoms with van der Waals surface area (Å²) in [5.41, 5.74) is -0.706. The van der Waals surface area contributed by atoms with Gasteiger partial charge in [0.1, 0.15) is 11.2 Å². The summed E-state index contributed by atoms with van der Waals surface area (Å²) in [6.07, 6.45) is -5.64. The minimum absolute atomic E-state index is 0.0320. The third kappa shape index (κ3) is 3.59. The van der Waals surface area contributed by atoms with Crippen LogP contribution in [0.1, 0.15) is 17.9 Å². The fourth-order valence-corrected chi connectivity index (χ4v) is 3.12. The third-order valence-electron chi connectivity index (χ3n) is 3.66. The number of carbonyl (C=O) groups excluding carboxylic acids is 1. The lowest BCUT2D eigenvalue weighted by molar-refractivity contribution is -0.145. The van der Waals surface area contributed by atoms with Gasteiger partial charge in [-0.3, -0.25) is 9.36 Å². The number of pyridine rings is 1.